The van der Waals surface area contributed by atoms with Crippen LogP contribution in [0.1, 0.15) is 16.2 Å². The van der Waals surface area contributed by atoms with Crippen molar-refractivity contribution in [3.05, 3.63) is 76.4 Å². The zero-order valence-corrected chi connectivity index (χ0v) is 14.4. The maximum atomic E-state index is 12.4. The molecule has 124 valence electrons. The Morgan fingerprint density at radius 2 is 1.96 bits per heavy atom. The Balaban J connectivity index is 1.63. The Kier molecular flexibility index (Phi) is 5.46. The third kappa shape index (κ3) is 4.81. The summed E-state index contributed by atoms with van der Waals surface area (Å²) in [5, 5.41) is 5.00. The van der Waals surface area contributed by atoms with E-state index in [-0.39, 0.29) is 5.91 Å². The maximum absolute atomic E-state index is 12.4. The Morgan fingerprint density at radius 1 is 1.12 bits per heavy atom. The number of amides is 1. The first kappa shape index (κ1) is 16.5. The summed E-state index contributed by atoms with van der Waals surface area (Å²) >= 11 is 1.69. The highest BCUT2D eigenvalue weighted by Gasteiger charge is 2.14. The molecule has 0 spiro atoms. The predicted molar refractivity (Wildman–Crippen MR) is 96.9 cm³/mol. The van der Waals surface area contributed by atoms with Gasteiger partial charge in [-0.15, -0.1) is 11.3 Å². The van der Waals surface area contributed by atoms with Gasteiger partial charge >= 0.3 is 0 Å². The number of thiophene rings is 1. The smallest absolute Gasteiger partial charge is 0.238 e. The second-order valence-corrected chi connectivity index (χ2v) is 6.75. The van der Waals surface area contributed by atoms with E-state index >= 15 is 0 Å². The van der Waals surface area contributed by atoms with Crippen LogP contribution in [0.2, 0.25) is 0 Å². The SMILES string of the molecule is Cc1ccc(NC(=O)CN(Cc2ccco2)Cc2cccs2)cc1. The standard InChI is InChI=1S/C19H20N2O2S/c1-15-6-8-16(9-7-15)20-19(22)14-21(12-17-4-2-10-23-17)13-18-5-3-11-24-18/h2-11H,12-14H2,1H3,(H,20,22). The monoisotopic (exact) mass is 340 g/mol. The van der Waals surface area contributed by atoms with E-state index in [2.05, 4.69) is 16.3 Å². The van der Waals surface area contributed by atoms with E-state index in [4.69, 9.17) is 4.42 Å². The Labute approximate surface area is 145 Å². The normalized spacial score (nSPS) is 10.9. The first-order chi connectivity index (χ1) is 11.7. The highest BCUT2D eigenvalue weighted by atomic mass is 32.1. The number of hydrogen-bond donors (Lipinski definition) is 1. The first-order valence-corrected chi connectivity index (χ1v) is 8.70. The van der Waals surface area contributed by atoms with Crippen molar-refractivity contribution in [2.24, 2.45) is 0 Å². The van der Waals surface area contributed by atoms with E-state index < -0.39 is 0 Å². The van der Waals surface area contributed by atoms with Crippen LogP contribution < -0.4 is 5.32 Å². The minimum atomic E-state index is -0.0260. The third-order valence-electron chi connectivity index (χ3n) is 3.62. The van der Waals surface area contributed by atoms with Crippen LogP contribution in [0, 0.1) is 6.92 Å². The summed E-state index contributed by atoms with van der Waals surface area (Å²) in [6.07, 6.45) is 1.66. The lowest BCUT2D eigenvalue weighted by atomic mass is 10.2. The van der Waals surface area contributed by atoms with E-state index in [0.717, 1.165) is 18.0 Å². The molecule has 24 heavy (non-hydrogen) atoms. The predicted octanol–water partition coefficient (Wildman–Crippen LogP) is 4.29. The highest BCUT2D eigenvalue weighted by Crippen LogP contribution is 2.15. The first-order valence-electron chi connectivity index (χ1n) is 7.83. The number of rotatable bonds is 7. The van der Waals surface area contributed by atoms with Gasteiger partial charge in [-0.2, -0.15) is 0 Å². The molecule has 0 unspecified atom stereocenters. The van der Waals surface area contributed by atoms with Crippen LogP contribution in [-0.4, -0.2) is 17.4 Å². The number of carbonyl (C=O) groups is 1. The molecule has 5 heteroatoms. The van der Waals surface area contributed by atoms with Gasteiger partial charge in [0.1, 0.15) is 5.76 Å². The van der Waals surface area contributed by atoms with Crippen molar-refractivity contribution in [2.75, 3.05) is 11.9 Å². The van der Waals surface area contributed by atoms with E-state index in [1.54, 1.807) is 17.6 Å². The second kappa shape index (κ2) is 7.95. The fourth-order valence-corrected chi connectivity index (χ4v) is 3.20. The maximum Gasteiger partial charge on any atom is 0.238 e. The molecule has 0 saturated heterocycles. The van der Waals surface area contributed by atoms with E-state index in [0.29, 0.717) is 13.1 Å². The molecule has 0 aliphatic heterocycles. The van der Waals surface area contributed by atoms with Gasteiger partial charge in [-0.25, -0.2) is 0 Å². The molecular weight excluding hydrogens is 320 g/mol. The Hall–Kier alpha value is -2.37. The molecule has 2 heterocycles. The van der Waals surface area contributed by atoms with Crippen LogP contribution in [-0.2, 0) is 17.9 Å². The van der Waals surface area contributed by atoms with Gasteiger partial charge in [0.05, 0.1) is 19.4 Å². The molecule has 0 aliphatic carbocycles. The zero-order chi connectivity index (χ0) is 16.8. The molecule has 0 bridgehead atoms. The summed E-state index contributed by atoms with van der Waals surface area (Å²) < 4.78 is 5.43. The van der Waals surface area contributed by atoms with Crippen molar-refractivity contribution in [1.29, 1.82) is 0 Å². The van der Waals surface area contributed by atoms with Crippen LogP contribution in [0.3, 0.4) is 0 Å². The van der Waals surface area contributed by atoms with Crippen LogP contribution >= 0.6 is 11.3 Å². The average molecular weight is 340 g/mol. The number of anilines is 1. The molecule has 0 aliphatic rings. The number of carbonyl (C=O) groups excluding carboxylic acids is 1. The van der Waals surface area contributed by atoms with Gasteiger partial charge in [-0.3, -0.25) is 9.69 Å². The van der Waals surface area contributed by atoms with Crippen molar-refractivity contribution >= 4 is 22.9 Å². The van der Waals surface area contributed by atoms with Crippen molar-refractivity contribution in [3.8, 4) is 0 Å². The van der Waals surface area contributed by atoms with Gasteiger partial charge in [-0.05, 0) is 42.6 Å². The van der Waals surface area contributed by atoms with Gasteiger partial charge in [0, 0.05) is 17.1 Å². The van der Waals surface area contributed by atoms with Crippen LogP contribution in [0.5, 0.6) is 0 Å². The zero-order valence-electron chi connectivity index (χ0n) is 13.6. The molecular formula is C19H20N2O2S. The third-order valence-corrected chi connectivity index (χ3v) is 4.48. The number of benzene rings is 1. The minimum absolute atomic E-state index is 0.0260. The van der Waals surface area contributed by atoms with Gasteiger partial charge in [0.15, 0.2) is 0 Å². The van der Waals surface area contributed by atoms with Crippen LogP contribution in [0.25, 0.3) is 0 Å². The summed E-state index contributed by atoms with van der Waals surface area (Å²) in [6.45, 7) is 3.66. The minimum Gasteiger partial charge on any atom is -0.468 e. The van der Waals surface area contributed by atoms with Gasteiger partial charge in [0.25, 0.3) is 0 Å². The number of hydrogen-bond acceptors (Lipinski definition) is 4. The second-order valence-electron chi connectivity index (χ2n) is 5.72. The van der Waals surface area contributed by atoms with Crippen LogP contribution in [0.15, 0.2) is 64.6 Å². The van der Waals surface area contributed by atoms with Crippen molar-refractivity contribution < 1.29 is 9.21 Å². The lowest BCUT2D eigenvalue weighted by molar-refractivity contribution is -0.117. The molecule has 2 aromatic heterocycles. The van der Waals surface area contributed by atoms with Crippen molar-refractivity contribution in [1.82, 2.24) is 4.90 Å². The van der Waals surface area contributed by atoms with Gasteiger partial charge in [-0.1, -0.05) is 23.8 Å². The molecule has 3 rings (SSSR count). The molecule has 1 amide bonds. The molecule has 0 saturated carbocycles. The topological polar surface area (TPSA) is 45.5 Å². The lowest BCUT2D eigenvalue weighted by Crippen LogP contribution is -2.32. The Morgan fingerprint density at radius 3 is 2.62 bits per heavy atom. The van der Waals surface area contributed by atoms with Gasteiger partial charge < -0.3 is 9.73 Å². The van der Waals surface area contributed by atoms with E-state index in [1.807, 2.05) is 54.8 Å². The molecule has 0 atom stereocenters. The summed E-state index contributed by atoms with van der Waals surface area (Å²) in [7, 11) is 0. The van der Waals surface area contributed by atoms with E-state index in [9.17, 15) is 4.79 Å². The summed E-state index contributed by atoms with van der Waals surface area (Å²) in [5.41, 5.74) is 1.99. The summed E-state index contributed by atoms with van der Waals surface area (Å²) in [4.78, 5) is 15.7. The fourth-order valence-electron chi connectivity index (χ4n) is 2.45. The quantitative estimate of drug-likeness (QED) is 0.698. The molecule has 0 radical (unpaired) electrons. The molecule has 3 aromatic rings. The molecule has 0 fully saturated rings. The summed E-state index contributed by atoms with van der Waals surface area (Å²) in [6, 6.07) is 15.7. The number of nitrogens with one attached hydrogen (secondary N) is 1. The van der Waals surface area contributed by atoms with Crippen LogP contribution in [0.4, 0.5) is 5.69 Å². The van der Waals surface area contributed by atoms with Gasteiger partial charge in [0.2, 0.25) is 5.91 Å². The van der Waals surface area contributed by atoms with E-state index in [1.165, 1.54) is 10.4 Å². The Bertz CT molecular complexity index is 713. The molecule has 1 aromatic carbocycles. The lowest BCUT2D eigenvalue weighted by Gasteiger charge is -2.20. The average Bonchev–Trinajstić information content (AvgIpc) is 3.23. The fraction of sp³-hybridized carbons (Fsp3) is 0.211. The summed E-state index contributed by atoms with van der Waals surface area (Å²) in [5.74, 6) is 0.830. The largest absolute Gasteiger partial charge is 0.468 e. The number of aryl methyl sites for hydroxylation is 1. The van der Waals surface area contributed by atoms with Crippen molar-refractivity contribution in [3.63, 3.8) is 0 Å². The number of nitrogens with zero attached hydrogens (tertiary/aromatic N) is 1. The molecule has 1 N–H and O–H groups in total. The highest BCUT2D eigenvalue weighted by molar-refractivity contribution is 7.09. The molecule has 4 nitrogen and oxygen atoms in total. The number of furan rings is 1. The van der Waals surface area contributed by atoms with Crippen molar-refractivity contribution in [2.45, 2.75) is 20.0 Å².